The lowest BCUT2D eigenvalue weighted by Gasteiger charge is -2.57. The van der Waals surface area contributed by atoms with Gasteiger partial charge < -0.3 is 4.74 Å². The summed E-state index contributed by atoms with van der Waals surface area (Å²) in [4.78, 5) is 11.9. The molecule has 0 aromatic carbocycles. The molecule has 5 rings (SSSR count). The molecule has 7 atom stereocenters. The number of epoxide rings is 1. The molecule has 5 aliphatic rings. The van der Waals surface area contributed by atoms with E-state index in [0.717, 1.165) is 49.5 Å². The van der Waals surface area contributed by atoms with Crippen LogP contribution in [0.5, 0.6) is 0 Å². The summed E-state index contributed by atoms with van der Waals surface area (Å²) in [6, 6.07) is 0. The number of ether oxygens (including phenoxy) is 1. The van der Waals surface area contributed by atoms with Gasteiger partial charge in [-0.1, -0.05) is 25.5 Å². The van der Waals surface area contributed by atoms with Crippen molar-refractivity contribution in [2.45, 2.75) is 71.3 Å². The predicted octanol–water partition coefficient (Wildman–Crippen LogP) is 4.53. The molecule has 0 amide bonds. The first-order chi connectivity index (χ1) is 11.0. The third-order valence-electron chi connectivity index (χ3n) is 8.82. The van der Waals surface area contributed by atoms with E-state index in [1.54, 1.807) is 0 Å². The van der Waals surface area contributed by atoms with E-state index in [9.17, 15) is 4.79 Å². The molecule has 1 unspecified atom stereocenters. The van der Waals surface area contributed by atoms with Gasteiger partial charge in [0.15, 0.2) is 0 Å². The largest absolute Gasteiger partial charge is 0.373 e. The van der Waals surface area contributed by atoms with Gasteiger partial charge in [0, 0.05) is 12.8 Å². The molecule has 1 heterocycles. The van der Waals surface area contributed by atoms with Crippen molar-refractivity contribution in [2.24, 2.45) is 34.5 Å². The summed E-state index contributed by atoms with van der Waals surface area (Å²) in [5, 5.41) is 0. The number of carbonyl (C=O) groups excluding carboxylic acids is 1. The fourth-order valence-corrected chi connectivity index (χ4v) is 7.42. The van der Waals surface area contributed by atoms with Gasteiger partial charge in [0.25, 0.3) is 0 Å². The highest BCUT2D eigenvalue weighted by atomic mass is 16.6. The molecule has 0 aromatic heterocycles. The zero-order valence-electron chi connectivity index (χ0n) is 14.6. The number of carbonyl (C=O) groups is 1. The van der Waals surface area contributed by atoms with E-state index in [1.165, 1.54) is 37.7 Å². The van der Waals surface area contributed by atoms with Crippen molar-refractivity contribution in [1.29, 1.82) is 0 Å². The Labute approximate surface area is 140 Å². The van der Waals surface area contributed by atoms with Gasteiger partial charge in [-0.05, 0) is 73.0 Å². The Morgan fingerprint density at radius 3 is 2.65 bits per heavy atom. The van der Waals surface area contributed by atoms with Crippen molar-refractivity contribution in [3.63, 3.8) is 0 Å². The molecule has 2 heteroatoms. The third kappa shape index (κ3) is 1.94. The molecule has 0 N–H and O–H groups in total. The maximum atomic E-state index is 11.9. The van der Waals surface area contributed by atoms with Crippen LogP contribution in [0.3, 0.4) is 0 Å². The lowest BCUT2D eigenvalue weighted by Crippen LogP contribution is -2.50. The Morgan fingerprint density at radius 2 is 1.87 bits per heavy atom. The maximum absolute atomic E-state index is 11.9. The van der Waals surface area contributed by atoms with Crippen molar-refractivity contribution >= 4 is 5.78 Å². The SMILES string of the molecule is C[C@]12CC[C@H]3[C@@H](CC=C4CC(=O)CC[C@@]43C)[C@@H]1CC[C@@H]2C1CO1. The Bertz CT molecular complexity index is 574. The molecule has 4 fully saturated rings. The Hall–Kier alpha value is -0.630. The van der Waals surface area contributed by atoms with Gasteiger partial charge in [0.05, 0.1) is 12.7 Å². The van der Waals surface area contributed by atoms with E-state index in [-0.39, 0.29) is 0 Å². The number of ketones is 1. The maximum Gasteiger partial charge on any atom is 0.136 e. The second kappa shape index (κ2) is 4.71. The number of allylic oxidation sites excluding steroid dienone is 2. The number of fused-ring (bicyclic) bond motifs is 5. The summed E-state index contributed by atoms with van der Waals surface area (Å²) in [5.41, 5.74) is 2.35. The highest BCUT2D eigenvalue weighted by Crippen LogP contribution is 2.67. The molecular formula is C21H30O2. The first-order valence-corrected chi connectivity index (χ1v) is 9.85. The smallest absolute Gasteiger partial charge is 0.136 e. The molecule has 0 spiro atoms. The molecule has 1 saturated heterocycles. The quantitative estimate of drug-likeness (QED) is 0.525. The standard InChI is InChI=1S/C21H30O2/c1-20-9-7-14(22)11-13(20)3-4-15-16-5-6-18(19-12-23-19)21(16,2)10-8-17(15)20/h3,15-19H,4-12H2,1-2H3/t15-,16-,17-,18+,19?,20-,21-/m0/s1. The molecule has 2 nitrogen and oxygen atoms in total. The van der Waals surface area contributed by atoms with Crippen molar-refractivity contribution in [3.8, 4) is 0 Å². The average Bonchev–Trinajstić information content (AvgIpc) is 3.29. The van der Waals surface area contributed by atoms with Crippen LogP contribution in [0.1, 0.15) is 65.2 Å². The minimum Gasteiger partial charge on any atom is -0.373 e. The summed E-state index contributed by atoms with van der Waals surface area (Å²) in [6.07, 6.45) is 12.6. The van der Waals surface area contributed by atoms with Gasteiger partial charge >= 0.3 is 0 Å². The van der Waals surface area contributed by atoms with Gasteiger partial charge in [-0.15, -0.1) is 0 Å². The number of hydrogen-bond donors (Lipinski definition) is 0. The molecule has 23 heavy (non-hydrogen) atoms. The number of hydrogen-bond acceptors (Lipinski definition) is 2. The third-order valence-corrected chi connectivity index (χ3v) is 8.82. The summed E-state index contributed by atoms with van der Waals surface area (Å²) in [5.74, 6) is 3.87. The lowest BCUT2D eigenvalue weighted by molar-refractivity contribution is -0.122. The zero-order valence-corrected chi connectivity index (χ0v) is 14.6. The van der Waals surface area contributed by atoms with Crippen molar-refractivity contribution in [3.05, 3.63) is 11.6 Å². The average molecular weight is 314 g/mol. The predicted molar refractivity (Wildman–Crippen MR) is 89.9 cm³/mol. The van der Waals surface area contributed by atoms with Gasteiger partial charge in [-0.3, -0.25) is 4.79 Å². The zero-order chi connectivity index (χ0) is 15.8. The topological polar surface area (TPSA) is 29.6 Å². The van der Waals surface area contributed by atoms with Crippen molar-refractivity contribution < 1.29 is 9.53 Å². The minimum atomic E-state index is 0.326. The van der Waals surface area contributed by atoms with Crippen molar-refractivity contribution in [1.82, 2.24) is 0 Å². The highest BCUT2D eigenvalue weighted by molar-refractivity contribution is 5.82. The second-order valence-corrected chi connectivity index (χ2v) is 9.57. The Morgan fingerprint density at radius 1 is 1.09 bits per heavy atom. The minimum absolute atomic E-state index is 0.326. The van der Waals surface area contributed by atoms with Crippen LogP contribution in [0.2, 0.25) is 0 Å². The highest BCUT2D eigenvalue weighted by Gasteiger charge is 2.61. The van der Waals surface area contributed by atoms with Crippen molar-refractivity contribution in [2.75, 3.05) is 6.61 Å². The van der Waals surface area contributed by atoms with Gasteiger partial charge in [-0.2, -0.15) is 0 Å². The molecule has 0 bridgehead atoms. The summed E-state index contributed by atoms with van der Waals surface area (Å²) < 4.78 is 5.71. The second-order valence-electron chi connectivity index (χ2n) is 9.57. The van der Waals surface area contributed by atoms with Crippen LogP contribution in [0.15, 0.2) is 11.6 Å². The summed E-state index contributed by atoms with van der Waals surface area (Å²) >= 11 is 0. The van der Waals surface area contributed by atoms with E-state index in [0.29, 0.717) is 22.7 Å². The molecular weight excluding hydrogens is 284 g/mol. The number of rotatable bonds is 1. The van der Waals surface area contributed by atoms with E-state index < -0.39 is 0 Å². The van der Waals surface area contributed by atoms with E-state index >= 15 is 0 Å². The summed E-state index contributed by atoms with van der Waals surface area (Å²) in [7, 11) is 0. The van der Waals surface area contributed by atoms with Gasteiger partial charge in [-0.25, -0.2) is 0 Å². The number of Topliss-reactive ketones (excluding diaryl/α,β-unsaturated/α-hetero) is 1. The van der Waals surface area contributed by atoms with E-state index in [4.69, 9.17) is 4.74 Å². The van der Waals surface area contributed by atoms with Crippen LogP contribution in [0.25, 0.3) is 0 Å². The van der Waals surface area contributed by atoms with E-state index in [2.05, 4.69) is 19.9 Å². The van der Waals surface area contributed by atoms with Crippen LogP contribution < -0.4 is 0 Å². The van der Waals surface area contributed by atoms with Crippen LogP contribution in [-0.4, -0.2) is 18.5 Å². The molecule has 0 aromatic rings. The first kappa shape index (κ1) is 14.7. The molecule has 126 valence electrons. The molecule has 1 aliphatic heterocycles. The molecule has 3 saturated carbocycles. The van der Waals surface area contributed by atoms with Crippen LogP contribution >= 0.6 is 0 Å². The van der Waals surface area contributed by atoms with Crippen LogP contribution in [0.4, 0.5) is 0 Å². The Balaban J connectivity index is 1.48. The van der Waals surface area contributed by atoms with Crippen LogP contribution in [0, 0.1) is 34.5 Å². The molecule has 0 radical (unpaired) electrons. The fourth-order valence-electron chi connectivity index (χ4n) is 7.42. The van der Waals surface area contributed by atoms with Gasteiger partial charge in [0.1, 0.15) is 5.78 Å². The van der Waals surface area contributed by atoms with Crippen LogP contribution in [-0.2, 0) is 9.53 Å². The Kier molecular flexibility index (Phi) is 3.01. The normalized spacial score (nSPS) is 54.8. The lowest BCUT2D eigenvalue weighted by atomic mass is 9.47. The monoisotopic (exact) mass is 314 g/mol. The summed E-state index contributed by atoms with van der Waals surface area (Å²) in [6.45, 7) is 6.09. The fraction of sp³-hybridized carbons (Fsp3) is 0.857. The first-order valence-electron chi connectivity index (χ1n) is 9.85. The molecule has 4 aliphatic carbocycles. The van der Waals surface area contributed by atoms with Gasteiger partial charge in [0.2, 0.25) is 0 Å². The van der Waals surface area contributed by atoms with E-state index in [1.807, 2.05) is 0 Å².